The Morgan fingerprint density at radius 2 is 1.48 bits per heavy atom. The first-order valence-electron chi connectivity index (χ1n) is 13.4. The molecule has 1 unspecified atom stereocenters. The van der Waals surface area contributed by atoms with E-state index in [1.165, 1.54) is 27.4 Å². The van der Waals surface area contributed by atoms with Gasteiger partial charge >= 0.3 is 0 Å². The van der Waals surface area contributed by atoms with E-state index in [0.29, 0.717) is 23.7 Å². The second-order valence-electron chi connectivity index (χ2n) is 10.1. The number of likely N-dealkylation sites (N-methyl/N-ethyl adjacent to an activating group) is 1. The number of amides is 2. The number of anilines is 1. The standard InChI is InChI=1S/C32H29Cl2N3O4S/c1-35-18-19-36(30(32(35)39)20-23-8-4-2-5-9-23)31(38)28-21-27(16-17-29(28)34)42(40,41)37(22-24-10-6-3-7-11-24)26-14-12-25(33)13-15-26/h2-17,21,30H,18-20,22H2,1H3. The third-order valence-electron chi connectivity index (χ3n) is 7.29. The summed E-state index contributed by atoms with van der Waals surface area (Å²) in [6.45, 7) is 0.701. The van der Waals surface area contributed by atoms with Crippen molar-refractivity contribution in [1.82, 2.24) is 9.80 Å². The molecule has 10 heteroatoms. The summed E-state index contributed by atoms with van der Waals surface area (Å²) in [5, 5.41) is 0.576. The molecular formula is C32H29Cl2N3O4S. The second kappa shape index (κ2) is 12.6. The molecule has 1 saturated heterocycles. The molecule has 0 spiro atoms. The number of sulfonamides is 1. The summed E-state index contributed by atoms with van der Waals surface area (Å²) >= 11 is 12.6. The molecule has 0 N–H and O–H groups in total. The highest BCUT2D eigenvalue weighted by atomic mass is 35.5. The molecular weight excluding hydrogens is 593 g/mol. The van der Waals surface area contributed by atoms with E-state index in [4.69, 9.17) is 23.2 Å². The predicted octanol–water partition coefficient (Wildman–Crippen LogP) is 5.91. The SMILES string of the molecule is CN1CCN(C(=O)c2cc(S(=O)(=O)N(Cc3ccccc3)c3ccc(Cl)cc3)ccc2Cl)C(Cc2ccccc2)C1=O. The van der Waals surface area contributed by atoms with Gasteiger partial charge in [0.25, 0.3) is 15.9 Å². The normalized spacial score (nSPS) is 15.5. The summed E-state index contributed by atoms with van der Waals surface area (Å²) in [6, 6.07) is 28.5. The molecule has 0 aliphatic carbocycles. The van der Waals surface area contributed by atoms with Crippen LogP contribution in [-0.2, 0) is 27.8 Å². The average molecular weight is 623 g/mol. The first-order valence-corrected chi connectivity index (χ1v) is 15.6. The van der Waals surface area contributed by atoms with E-state index in [-0.39, 0.29) is 34.5 Å². The van der Waals surface area contributed by atoms with Crippen LogP contribution in [0.15, 0.2) is 108 Å². The maximum atomic E-state index is 14.1. The lowest BCUT2D eigenvalue weighted by molar-refractivity contribution is -0.138. The van der Waals surface area contributed by atoms with Gasteiger partial charge in [-0.3, -0.25) is 13.9 Å². The Morgan fingerprint density at radius 1 is 0.857 bits per heavy atom. The maximum Gasteiger partial charge on any atom is 0.264 e. The van der Waals surface area contributed by atoms with Crippen LogP contribution in [0.1, 0.15) is 21.5 Å². The first-order chi connectivity index (χ1) is 20.1. The molecule has 1 heterocycles. The Balaban J connectivity index is 1.51. The Morgan fingerprint density at radius 3 is 2.12 bits per heavy atom. The van der Waals surface area contributed by atoms with Crippen molar-refractivity contribution in [3.05, 3.63) is 130 Å². The molecule has 4 aromatic carbocycles. The minimum atomic E-state index is -4.16. The van der Waals surface area contributed by atoms with E-state index in [1.807, 2.05) is 60.7 Å². The molecule has 216 valence electrons. The molecule has 2 amide bonds. The highest BCUT2D eigenvalue weighted by Crippen LogP contribution is 2.31. The van der Waals surface area contributed by atoms with Crippen molar-refractivity contribution in [2.45, 2.75) is 23.9 Å². The summed E-state index contributed by atoms with van der Waals surface area (Å²) in [5.74, 6) is -0.685. The van der Waals surface area contributed by atoms with Crippen molar-refractivity contribution in [1.29, 1.82) is 0 Å². The predicted molar refractivity (Wildman–Crippen MR) is 165 cm³/mol. The summed E-state index contributed by atoms with van der Waals surface area (Å²) in [7, 11) is -2.46. The van der Waals surface area contributed by atoms with E-state index >= 15 is 0 Å². The maximum absolute atomic E-state index is 14.1. The van der Waals surface area contributed by atoms with Crippen molar-refractivity contribution in [2.24, 2.45) is 0 Å². The lowest BCUT2D eigenvalue weighted by Gasteiger charge is -2.39. The summed E-state index contributed by atoms with van der Waals surface area (Å²) in [6.07, 6.45) is 0.326. The minimum Gasteiger partial charge on any atom is -0.342 e. The van der Waals surface area contributed by atoms with Gasteiger partial charge in [0.15, 0.2) is 0 Å². The summed E-state index contributed by atoms with van der Waals surface area (Å²) in [5.41, 5.74) is 2.12. The zero-order valence-corrected chi connectivity index (χ0v) is 25.2. The van der Waals surface area contributed by atoms with Crippen molar-refractivity contribution in [2.75, 3.05) is 24.4 Å². The molecule has 1 fully saturated rings. The monoisotopic (exact) mass is 621 g/mol. The number of nitrogens with zero attached hydrogens (tertiary/aromatic N) is 3. The van der Waals surface area contributed by atoms with E-state index in [9.17, 15) is 18.0 Å². The zero-order valence-electron chi connectivity index (χ0n) is 22.9. The number of rotatable bonds is 8. The first kappa shape index (κ1) is 29.6. The molecule has 0 bridgehead atoms. The van der Waals surface area contributed by atoms with Gasteiger partial charge in [0.2, 0.25) is 5.91 Å². The molecule has 1 aliphatic rings. The molecule has 4 aromatic rings. The third-order valence-corrected chi connectivity index (χ3v) is 9.64. The lowest BCUT2D eigenvalue weighted by Crippen LogP contribution is -2.58. The molecule has 1 atom stereocenters. The molecule has 7 nitrogen and oxygen atoms in total. The summed E-state index contributed by atoms with van der Waals surface area (Å²) in [4.78, 5) is 30.2. The Kier molecular flexibility index (Phi) is 8.87. The Labute approximate surface area is 255 Å². The smallest absolute Gasteiger partial charge is 0.264 e. The second-order valence-corrected chi connectivity index (χ2v) is 12.8. The van der Waals surface area contributed by atoms with Crippen LogP contribution in [0.5, 0.6) is 0 Å². The van der Waals surface area contributed by atoms with Gasteiger partial charge in [-0.1, -0.05) is 83.9 Å². The molecule has 1 aliphatic heterocycles. The van der Waals surface area contributed by atoms with Crippen LogP contribution in [0.2, 0.25) is 10.0 Å². The topological polar surface area (TPSA) is 78.0 Å². The highest BCUT2D eigenvalue weighted by Gasteiger charge is 2.37. The molecule has 0 radical (unpaired) electrons. The Bertz CT molecular complexity index is 1680. The van der Waals surface area contributed by atoms with Gasteiger partial charge in [0.05, 0.1) is 27.7 Å². The van der Waals surface area contributed by atoms with Crippen LogP contribution in [0, 0.1) is 0 Å². The van der Waals surface area contributed by atoms with Crippen LogP contribution >= 0.6 is 23.2 Å². The van der Waals surface area contributed by atoms with Crippen LogP contribution in [0.25, 0.3) is 0 Å². The molecule has 5 rings (SSSR count). The number of halogens is 2. The third kappa shape index (κ3) is 6.31. The average Bonchev–Trinajstić information content (AvgIpc) is 3.00. The van der Waals surface area contributed by atoms with Gasteiger partial charge in [-0.05, 0) is 53.6 Å². The van der Waals surface area contributed by atoms with E-state index in [0.717, 1.165) is 11.1 Å². The summed E-state index contributed by atoms with van der Waals surface area (Å²) < 4.78 is 29.6. The van der Waals surface area contributed by atoms with Gasteiger partial charge in [0, 0.05) is 31.6 Å². The highest BCUT2D eigenvalue weighted by molar-refractivity contribution is 7.92. The van der Waals surface area contributed by atoms with Crippen molar-refractivity contribution in [3.63, 3.8) is 0 Å². The Hall–Kier alpha value is -3.85. The fraction of sp³-hybridized carbons (Fsp3) is 0.188. The fourth-order valence-corrected chi connectivity index (χ4v) is 6.78. The number of carbonyl (C=O) groups is 2. The number of carbonyl (C=O) groups excluding carboxylic acids is 2. The number of hydrogen-bond donors (Lipinski definition) is 0. The van der Waals surface area contributed by atoms with Gasteiger partial charge in [-0.2, -0.15) is 0 Å². The largest absolute Gasteiger partial charge is 0.342 e. The van der Waals surface area contributed by atoms with E-state index < -0.39 is 22.0 Å². The fourth-order valence-electron chi connectivity index (χ4n) is 4.97. The van der Waals surface area contributed by atoms with Gasteiger partial charge in [0.1, 0.15) is 6.04 Å². The number of hydrogen-bond acceptors (Lipinski definition) is 4. The number of piperazine rings is 1. The minimum absolute atomic E-state index is 0.0175. The van der Waals surface area contributed by atoms with Crippen molar-refractivity contribution in [3.8, 4) is 0 Å². The van der Waals surface area contributed by atoms with E-state index in [2.05, 4.69) is 0 Å². The lowest BCUT2D eigenvalue weighted by atomic mass is 10.0. The van der Waals surface area contributed by atoms with Crippen molar-refractivity contribution < 1.29 is 18.0 Å². The van der Waals surface area contributed by atoms with Crippen molar-refractivity contribution >= 4 is 50.7 Å². The van der Waals surface area contributed by atoms with Crippen LogP contribution in [0.4, 0.5) is 5.69 Å². The van der Waals surface area contributed by atoms with Gasteiger partial charge < -0.3 is 9.80 Å². The molecule has 0 saturated carbocycles. The number of benzene rings is 4. The van der Waals surface area contributed by atoms with Crippen LogP contribution in [-0.4, -0.2) is 56.2 Å². The quantitative estimate of drug-likeness (QED) is 0.245. The molecule has 42 heavy (non-hydrogen) atoms. The zero-order chi connectivity index (χ0) is 29.9. The molecule has 0 aromatic heterocycles. The van der Waals surface area contributed by atoms with Gasteiger partial charge in [-0.25, -0.2) is 8.42 Å². The van der Waals surface area contributed by atoms with Crippen LogP contribution in [0.3, 0.4) is 0 Å². The van der Waals surface area contributed by atoms with Gasteiger partial charge in [-0.15, -0.1) is 0 Å². The van der Waals surface area contributed by atoms with E-state index in [1.54, 1.807) is 36.2 Å². The van der Waals surface area contributed by atoms with Crippen LogP contribution < -0.4 is 4.31 Å².